The average molecular weight is 239 g/mol. The Morgan fingerprint density at radius 1 is 1.62 bits per heavy atom. The lowest BCUT2D eigenvalue weighted by Gasteiger charge is -2.33. The highest BCUT2D eigenvalue weighted by Crippen LogP contribution is 2.33. The number of aliphatic hydroxyl groups is 1. The first kappa shape index (κ1) is 11.7. The minimum atomic E-state index is -1.09. The van der Waals surface area contributed by atoms with Gasteiger partial charge in [-0.3, -0.25) is 4.79 Å². The molecule has 0 aromatic carbocycles. The molecule has 1 heterocycles. The molecule has 0 amide bonds. The highest BCUT2D eigenvalue weighted by Gasteiger charge is 2.38. The molecule has 4 heteroatoms. The lowest BCUT2D eigenvalue weighted by Crippen LogP contribution is -2.42. The van der Waals surface area contributed by atoms with Crippen LogP contribution in [0.1, 0.15) is 37.6 Å². The molecule has 2 rings (SSSR count). The Balaban J connectivity index is 1.98. The van der Waals surface area contributed by atoms with E-state index in [9.17, 15) is 9.90 Å². The van der Waals surface area contributed by atoms with E-state index in [0.29, 0.717) is 18.8 Å². The van der Waals surface area contributed by atoms with Gasteiger partial charge in [-0.05, 0) is 31.6 Å². The molecule has 0 atom stereocenters. The molecular weight excluding hydrogens is 222 g/mol. The van der Waals surface area contributed by atoms with E-state index in [1.165, 1.54) is 11.3 Å². The van der Waals surface area contributed by atoms with Gasteiger partial charge in [0.1, 0.15) is 5.60 Å². The van der Waals surface area contributed by atoms with Crippen LogP contribution in [0.4, 0.5) is 0 Å². The second-order valence-electron chi connectivity index (χ2n) is 4.74. The number of thiazole rings is 1. The van der Waals surface area contributed by atoms with Gasteiger partial charge in [0.15, 0.2) is 5.78 Å². The largest absolute Gasteiger partial charge is 0.382 e. The molecule has 1 fully saturated rings. The van der Waals surface area contributed by atoms with Gasteiger partial charge in [-0.15, -0.1) is 11.3 Å². The molecule has 1 aromatic rings. The monoisotopic (exact) mass is 239 g/mol. The van der Waals surface area contributed by atoms with Crippen LogP contribution in [0.25, 0.3) is 0 Å². The molecule has 1 N–H and O–H groups in total. The molecule has 0 saturated heterocycles. The summed E-state index contributed by atoms with van der Waals surface area (Å²) in [5, 5.41) is 12.9. The number of ketones is 1. The average Bonchev–Trinajstić information content (AvgIpc) is 2.75. The minimum absolute atomic E-state index is 0.0608. The summed E-state index contributed by atoms with van der Waals surface area (Å²) in [6.07, 6.45) is 5.08. The van der Waals surface area contributed by atoms with Crippen LogP contribution in [0.2, 0.25) is 0 Å². The fraction of sp³-hybridized carbons (Fsp3) is 0.667. The molecule has 1 aliphatic rings. The van der Waals surface area contributed by atoms with Crippen LogP contribution in [0.15, 0.2) is 11.6 Å². The molecule has 1 aliphatic carbocycles. The standard InChI is InChI=1S/C12H17NO2S/c1-9-2-4-12(15,5-3-9)10(14)8-11-13-6-7-16-11/h6-7,9,15H,2-5,8H2,1H3. The van der Waals surface area contributed by atoms with E-state index in [4.69, 9.17) is 0 Å². The SMILES string of the molecule is CC1CCC(O)(C(=O)Cc2nccs2)CC1. The summed E-state index contributed by atoms with van der Waals surface area (Å²) in [6, 6.07) is 0. The van der Waals surface area contributed by atoms with Gasteiger partial charge >= 0.3 is 0 Å². The molecule has 3 nitrogen and oxygen atoms in total. The molecule has 0 aliphatic heterocycles. The van der Waals surface area contributed by atoms with Gasteiger partial charge in [-0.1, -0.05) is 6.92 Å². The lowest BCUT2D eigenvalue weighted by atomic mass is 9.76. The maximum Gasteiger partial charge on any atom is 0.171 e. The highest BCUT2D eigenvalue weighted by molar-refractivity contribution is 7.09. The molecule has 88 valence electrons. The minimum Gasteiger partial charge on any atom is -0.382 e. The second-order valence-corrected chi connectivity index (χ2v) is 5.72. The van der Waals surface area contributed by atoms with Crippen molar-refractivity contribution in [2.45, 2.75) is 44.6 Å². The van der Waals surface area contributed by atoms with E-state index >= 15 is 0 Å². The number of Topliss-reactive ketones (excluding diaryl/α,β-unsaturated/α-hetero) is 1. The molecule has 1 saturated carbocycles. The molecule has 16 heavy (non-hydrogen) atoms. The zero-order chi connectivity index (χ0) is 11.6. The van der Waals surface area contributed by atoms with E-state index < -0.39 is 5.60 Å². The van der Waals surface area contributed by atoms with Crippen molar-refractivity contribution >= 4 is 17.1 Å². The van der Waals surface area contributed by atoms with Crippen LogP contribution in [-0.4, -0.2) is 21.5 Å². The third-order valence-corrected chi connectivity index (χ3v) is 4.20. The van der Waals surface area contributed by atoms with Gasteiger partial charge in [0.25, 0.3) is 0 Å². The lowest BCUT2D eigenvalue weighted by molar-refractivity contribution is -0.140. The predicted octanol–water partition coefficient (Wildman–Crippen LogP) is 2.20. The molecule has 0 radical (unpaired) electrons. The van der Waals surface area contributed by atoms with Gasteiger partial charge in [0, 0.05) is 11.6 Å². The Labute approximate surface area is 99.5 Å². The van der Waals surface area contributed by atoms with E-state index in [1.807, 2.05) is 5.38 Å². The van der Waals surface area contributed by atoms with Crippen LogP contribution in [0.3, 0.4) is 0 Å². The van der Waals surface area contributed by atoms with Crippen molar-refractivity contribution in [3.63, 3.8) is 0 Å². The summed E-state index contributed by atoms with van der Waals surface area (Å²) in [5.41, 5.74) is -1.09. The summed E-state index contributed by atoms with van der Waals surface area (Å²) in [4.78, 5) is 16.1. The molecule has 0 bridgehead atoms. The first-order valence-electron chi connectivity index (χ1n) is 5.74. The smallest absolute Gasteiger partial charge is 0.171 e. The van der Waals surface area contributed by atoms with Gasteiger partial charge < -0.3 is 5.11 Å². The fourth-order valence-electron chi connectivity index (χ4n) is 2.16. The van der Waals surface area contributed by atoms with Crippen LogP contribution < -0.4 is 0 Å². The van der Waals surface area contributed by atoms with Crippen LogP contribution in [-0.2, 0) is 11.2 Å². The maximum absolute atomic E-state index is 12.0. The van der Waals surface area contributed by atoms with Gasteiger partial charge in [0.2, 0.25) is 0 Å². The van der Waals surface area contributed by atoms with Crippen molar-refractivity contribution < 1.29 is 9.90 Å². The Morgan fingerprint density at radius 3 is 2.88 bits per heavy atom. The van der Waals surface area contributed by atoms with Gasteiger partial charge in [-0.2, -0.15) is 0 Å². The summed E-state index contributed by atoms with van der Waals surface area (Å²) in [7, 11) is 0. The maximum atomic E-state index is 12.0. The van der Waals surface area contributed by atoms with Crippen molar-refractivity contribution in [1.82, 2.24) is 4.98 Å². The summed E-state index contributed by atoms with van der Waals surface area (Å²) in [6.45, 7) is 2.17. The number of nitrogens with zero attached hydrogens (tertiary/aromatic N) is 1. The molecular formula is C12H17NO2S. The van der Waals surface area contributed by atoms with Crippen molar-refractivity contribution in [2.75, 3.05) is 0 Å². The first-order valence-corrected chi connectivity index (χ1v) is 6.62. The van der Waals surface area contributed by atoms with Crippen LogP contribution >= 0.6 is 11.3 Å². The predicted molar refractivity (Wildman–Crippen MR) is 63.4 cm³/mol. The number of carbonyl (C=O) groups is 1. The Bertz CT molecular complexity index is 353. The van der Waals surface area contributed by atoms with Crippen LogP contribution in [0, 0.1) is 5.92 Å². The van der Waals surface area contributed by atoms with E-state index in [-0.39, 0.29) is 12.2 Å². The normalized spacial score (nSPS) is 30.2. The van der Waals surface area contributed by atoms with Crippen molar-refractivity contribution in [3.8, 4) is 0 Å². The van der Waals surface area contributed by atoms with Crippen molar-refractivity contribution in [3.05, 3.63) is 16.6 Å². The van der Waals surface area contributed by atoms with E-state index in [0.717, 1.165) is 17.8 Å². The zero-order valence-electron chi connectivity index (χ0n) is 9.48. The number of hydrogen-bond acceptors (Lipinski definition) is 4. The summed E-state index contributed by atoms with van der Waals surface area (Å²) in [5.74, 6) is 0.572. The Morgan fingerprint density at radius 2 is 2.31 bits per heavy atom. The van der Waals surface area contributed by atoms with E-state index in [2.05, 4.69) is 11.9 Å². The van der Waals surface area contributed by atoms with Crippen LogP contribution in [0.5, 0.6) is 0 Å². The number of carbonyl (C=O) groups excluding carboxylic acids is 1. The topological polar surface area (TPSA) is 50.2 Å². The van der Waals surface area contributed by atoms with Gasteiger partial charge in [-0.25, -0.2) is 4.98 Å². The third kappa shape index (κ3) is 2.50. The number of rotatable bonds is 3. The Hall–Kier alpha value is -0.740. The van der Waals surface area contributed by atoms with E-state index in [1.54, 1.807) is 6.20 Å². The third-order valence-electron chi connectivity index (χ3n) is 3.42. The molecule has 1 aromatic heterocycles. The summed E-state index contributed by atoms with van der Waals surface area (Å²) >= 11 is 1.47. The van der Waals surface area contributed by atoms with Crippen molar-refractivity contribution in [1.29, 1.82) is 0 Å². The number of aromatic nitrogens is 1. The number of hydrogen-bond donors (Lipinski definition) is 1. The van der Waals surface area contributed by atoms with Crippen molar-refractivity contribution in [2.24, 2.45) is 5.92 Å². The summed E-state index contributed by atoms with van der Waals surface area (Å²) < 4.78 is 0. The second kappa shape index (κ2) is 4.63. The zero-order valence-corrected chi connectivity index (χ0v) is 10.3. The first-order chi connectivity index (χ1) is 7.60. The fourth-order valence-corrected chi connectivity index (χ4v) is 2.78. The highest BCUT2D eigenvalue weighted by atomic mass is 32.1. The Kier molecular flexibility index (Phi) is 3.40. The molecule has 0 unspecified atom stereocenters. The quantitative estimate of drug-likeness (QED) is 0.879. The molecule has 0 spiro atoms. The van der Waals surface area contributed by atoms with Gasteiger partial charge in [0.05, 0.1) is 11.4 Å².